The summed E-state index contributed by atoms with van der Waals surface area (Å²) in [5, 5.41) is 18.6. The van der Waals surface area contributed by atoms with Gasteiger partial charge in [0.25, 0.3) is 0 Å². The molecule has 2 aromatic carbocycles. The van der Waals surface area contributed by atoms with Crippen molar-refractivity contribution in [2.24, 2.45) is 5.92 Å². The largest absolute Gasteiger partial charge is 0.481 e. The molecule has 2 aromatic rings. The van der Waals surface area contributed by atoms with Gasteiger partial charge in [0, 0.05) is 0 Å². The lowest BCUT2D eigenvalue weighted by Crippen LogP contribution is -2.48. The SMILES string of the molecule is C[C@@](COC(=O)c1ccccc1)(OC(=O)c1ccccc1)[C@@H](CC(=O)O)C(=O)O. The van der Waals surface area contributed by atoms with Crippen LogP contribution in [0.2, 0.25) is 0 Å². The van der Waals surface area contributed by atoms with Crippen LogP contribution in [0.1, 0.15) is 34.1 Å². The molecule has 0 heterocycles. The summed E-state index contributed by atoms with van der Waals surface area (Å²) in [5.74, 6) is -6.15. The van der Waals surface area contributed by atoms with Crippen LogP contribution in [0.25, 0.3) is 0 Å². The van der Waals surface area contributed by atoms with Gasteiger partial charge in [-0.3, -0.25) is 9.59 Å². The first kappa shape index (κ1) is 21.6. The van der Waals surface area contributed by atoms with E-state index in [4.69, 9.17) is 14.6 Å². The number of carbonyl (C=O) groups is 4. The van der Waals surface area contributed by atoms with Gasteiger partial charge in [-0.1, -0.05) is 36.4 Å². The van der Waals surface area contributed by atoms with E-state index in [1.54, 1.807) is 36.4 Å². The average Bonchev–Trinajstić information content (AvgIpc) is 2.71. The Bertz CT molecular complexity index is 878. The molecule has 0 radical (unpaired) electrons. The summed E-state index contributed by atoms with van der Waals surface area (Å²) >= 11 is 0. The normalized spacial score (nSPS) is 13.6. The van der Waals surface area contributed by atoms with Gasteiger partial charge >= 0.3 is 23.9 Å². The fourth-order valence-electron chi connectivity index (χ4n) is 2.65. The number of carboxylic acid groups (broad SMARTS) is 2. The molecule has 0 bridgehead atoms. The second kappa shape index (κ2) is 9.50. The third kappa shape index (κ3) is 5.90. The fraction of sp³-hybridized carbons (Fsp3) is 0.238. The summed E-state index contributed by atoms with van der Waals surface area (Å²) in [6, 6.07) is 15.7. The van der Waals surface area contributed by atoms with E-state index in [9.17, 15) is 24.3 Å². The number of esters is 2. The minimum Gasteiger partial charge on any atom is -0.481 e. The van der Waals surface area contributed by atoms with Gasteiger partial charge in [-0.25, -0.2) is 9.59 Å². The highest BCUT2D eigenvalue weighted by atomic mass is 16.6. The Kier molecular flexibility index (Phi) is 7.08. The maximum absolute atomic E-state index is 12.5. The molecule has 0 unspecified atom stereocenters. The van der Waals surface area contributed by atoms with Gasteiger partial charge in [-0.2, -0.15) is 0 Å². The highest BCUT2D eigenvalue weighted by molar-refractivity contribution is 5.91. The summed E-state index contributed by atoms with van der Waals surface area (Å²) in [6.07, 6.45) is -0.823. The van der Waals surface area contributed by atoms with Gasteiger partial charge in [0.2, 0.25) is 0 Å². The van der Waals surface area contributed by atoms with Crippen LogP contribution < -0.4 is 0 Å². The molecule has 152 valence electrons. The number of carbonyl (C=O) groups excluding carboxylic acids is 2. The van der Waals surface area contributed by atoms with E-state index >= 15 is 0 Å². The molecule has 29 heavy (non-hydrogen) atoms. The van der Waals surface area contributed by atoms with Gasteiger partial charge in [0.05, 0.1) is 17.5 Å². The Morgan fingerprint density at radius 2 is 1.34 bits per heavy atom. The third-order valence-corrected chi connectivity index (χ3v) is 4.25. The van der Waals surface area contributed by atoms with Crippen molar-refractivity contribution in [3.63, 3.8) is 0 Å². The molecule has 0 amide bonds. The van der Waals surface area contributed by atoms with E-state index < -0.39 is 48.4 Å². The second-order valence-electron chi connectivity index (χ2n) is 6.50. The van der Waals surface area contributed by atoms with Crippen LogP contribution in [0.15, 0.2) is 60.7 Å². The van der Waals surface area contributed by atoms with Crippen LogP contribution in [0.4, 0.5) is 0 Å². The Hall–Kier alpha value is -3.68. The fourth-order valence-corrected chi connectivity index (χ4v) is 2.65. The Morgan fingerprint density at radius 1 is 0.862 bits per heavy atom. The topological polar surface area (TPSA) is 127 Å². The third-order valence-electron chi connectivity index (χ3n) is 4.25. The van der Waals surface area contributed by atoms with Gasteiger partial charge in [0.15, 0.2) is 5.60 Å². The van der Waals surface area contributed by atoms with Crippen LogP contribution in [-0.4, -0.2) is 46.3 Å². The highest BCUT2D eigenvalue weighted by Crippen LogP contribution is 2.28. The van der Waals surface area contributed by atoms with Crippen molar-refractivity contribution in [2.45, 2.75) is 18.9 Å². The molecule has 0 aromatic heterocycles. The molecule has 2 rings (SSSR count). The summed E-state index contributed by atoms with van der Waals surface area (Å²) in [5.41, 5.74) is -1.55. The number of carboxylic acids is 2. The molecule has 8 heteroatoms. The Labute approximate surface area is 166 Å². The predicted molar refractivity (Wildman–Crippen MR) is 100 cm³/mol. The van der Waals surface area contributed by atoms with E-state index in [1.807, 2.05) is 0 Å². The van der Waals surface area contributed by atoms with E-state index in [0.717, 1.165) is 0 Å². The second-order valence-corrected chi connectivity index (χ2v) is 6.50. The zero-order valence-corrected chi connectivity index (χ0v) is 15.6. The van der Waals surface area contributed by atoms with Gasteiger partial charge in [-0.15, -0.1) is 0 Å². The standard InChI is InChI=1S/C21H20O8/c1-21(16(18(24)25)12-17(22)23,29-20(27)15-10-6-3-7-11-15)13-28-19(26)14-8-4-2-5-9-14/h2-11,16H,12-13H2,1H3,(H,22,23)(H,24,25)/t16-,21-/m0/s1. The number of aliphatic carboxylic acids is 2. The maximum atomic E-state index is 12.5. The van der Waals surface area contributed by atoms with Gasteiger partial charge in [0.1, 0.15) is 12.5 Å². The number of rotatable bonds is 9. The first-order valence-electron chi connectivity index (χ1n) is 8.68. The summed E-state index contributed by atoms with van der Waals surface area (Å²) in [4.78, 5) is 47.6. The Balaban J connectivity index is 2.28. The molecule has 0 aliphatic heterocycles. The van der Waals surface area contributed by atoms with E-state index in [2.05, 4.69) is 0 Å². The van der Waals surface area contributed by atoms with Crippen molar-refractivity contribution in [3.8, 4) is 0 Å². The summed E-state index contributed by atoms with van der Waals surface area (Å²) < 4.78 is 10.5. The lowest BCUT2D eigenvalue weighted by atomic mass is 9.86. The number of benzene rings is 2. The molecule has 2 N–H and O–H groups in total. The van der Waals surface area contributed by atoms with Crippen molar-refractivity contribution in [2.75, 3.05) is 6.61 Å². The molecule has 0 saturated heterocycles. The first-order chi connectivity index (χ1) is 13.7. The molecule has 0 saturated carbocycles. The van der Waals surface area contributed by atoms with Crippen molar-refractivity contribution in [1.29, 1.82) is 0 Å². The van der Waals surface area contributed by atoms with Crippen molar-refractivity contribution < 1.29 is 38.9 Å². The number of ether oxygens (including phenoxy) is 2. The quantitative estimate of drug-likeness (QED) is 0.615. The molecular formula is C21H20O8. The smallest absolute Gasteiger partial charge is 0.338 e. The first-order valence-corrected chi connectivity index (χ1v) is 8.68. The molecule has 8 nitrogen and oxygen atoms in total. The van der Waals surface area contributed by atoms with Crippen LogP contribution in [-0.2, 0) is 19.1 Å². The zero-order chi connectivity index (χ0) is 21.4. The summed E-state index contributed by atoms with van der Waals surface area (Å²) in [7, 11) is 0. The molecule has 0 spiro atoms. The minimum atomic E-state index is -1.92. The van der Waals surface area contributed by atoms with E-state index in [-0.39, 0.29) is 11.1 Å². The highest BCUT2D eigenvalue weighted by Gasteiger charge is 2.45. The Morgan fingerprint density at radius 3 is 1.79 bits per heavy atom. The molecule has 0 fully saturated rings. The van der Waals surface area contributed by atoms with E-state index in [1.165, 1.54) is 31.2 Å². The number of hydrogen-bond donors (Lipinski definition) is 2. The molecule has 0 aliphatic carbocycles. The molecule has 2 atom stereocenters. The van der Waals surface area contributed by atoms with E-state index in [0.29, 0.717) is 0 Å². The van der Waals surface area contributed by atoms with Gasteiger partial charge in [-0.05, 0) is 31.2 Å². The lowest BCUT2D eigenvalue weighted by molar-refractivity contribution is -0.161. The number of hydrogen-bond acceptors (Lipinski definition) is 6. The molecule has 0 aliphatic rings. The van der Waals surface area contributed by atoms with Crippen molar-refractivity contribution in [3.05, 3.63) is 71.8 Å². The van der Waals surface area contributed by atoms with Crippen molar-refractivity contribution in [1.82, 2.24) is 0 Å². The maximum Gasteiger partial charge on any atom is 0.338 e. The predicted octanol–water partition coefficient (Wildman–Crippen LogP) is 2.63. The van der Waals surface area contributed by atoms with Crippen LogP contribution in [0, 0.1) is 5.92 Å². The summed E-state index contributed by atoms with van der Waals surface area (Å²) in [6.45, 7) is 0.595. The monoisotopic (exact) mass is 400 g/mol. The average molecular weight is 400 g/mol. The van der Waals surface area contributed by atoms with Crippen molar-refractivity contribution >= 4 is 23.9 Å². The van der Waals surface area contributed by atoms with Crippen LogP contribution >= 0.6 is 0 Å². The van der Waals surface area contributed by atoms with Crippen LogP contribution in [0.5, 0.6) is 0 Å². The minimum absolute atomic E-state index is 0.146. The molecular weight excluding hydrogens is 380 g/mol. The zero-order valence-electron chi connectivity index (χ0n) is 15.6. The lowest BCUT2D eigenvalue weighted by Gasteiger charge is -2.33. The van der Waals surface area contributed by atoms with Gasteiger partial charge < -0.3 is 19.7 Å². The van der Waals surface area contributed by atoms with Crippen LogP contribution in [0.3, 0.4) is 0 Å².